The molecule has 2 aromatic heterocycles. The fourth-order valence-electron chi connectivity index (χ4n) is 3.39. The summed E-state index contributed by atoms with van der Waals surface area (Å²) in [7, 11) is 0. The van der Waals surface area contributed by atoms with Crippen LogP contribution in [0.3, 0.4) is 0 Å². The minimum Gasteiger partial charge on any atom is -0.360 e. The van der Waals surface area contributed by atoms with E-state index in [0.717, 1.165) is 17.6 Å². The van der Waals surface area contributed by atoms with Crippen molar-refractivity contribution in [3.05, 3.63) is 74.4 Å². The van der Waals surface area contributed by atoms with Crippen LogP contribution in [0.1, 0.15) is 29.1 Å². The molecule has 6 nitrogen and oxygen atoms in total. The van der Waals surface area contributed by atoms with Crippen LogP contribution in [-0.4, -0.2) is 26.3 Å². The topological polar surface area (TPSA) is 66.8 Å². The van der Waals surface area contributed by atoms with E-state index in [9.17, 15) is 18.0 Å². The number of aromatic nitrogens is 4. The monoisotopic (exact) mass is 409 g/mol. The minimum absolute atomic E-state index is 0.0584. The summed E-state index contributed by atoms with van der Waals surface area (Å²) >= 11 is 6.07. The molecule has 3 aromatic rings. The van der Waals surface area contributed by atoms with E-state index in [2.05, 4.69) is 15.2 Å². The lowest BCUT2D eigenvalue weighted by Gasteiger charge is -2.30. The van der Waals surface area contributed by atoms with Gasteiger partial charge in [-0.25, -0.2) is 23.3 Å². The van der Waals surface area contributed by atoms with Gasteiger partial charge in [0.15, 0.2) is 0 Å². The van der Waals surface area contributed by atoms with E-state index < -0.39 is 17.8 Å². The van der Waals surface area contributed by atoms with Crippen molar-refractivity contribution in [2.75, 3.05) is 11.4 Å². The molecule has 1 N–H and O–H groups in total. The van der Waals surface area contributed by atoms with E-state index in [4.69, 9.17) is 11.6 Å². The van der Waals surface area contributed by atoms with Crippen LogP contribution in [0.5, 0.6) is 0 Å². The van der Waals surface area contributed by atoms with Crippen LogP contribution in [0.4, 0.5) is 18.9 Å². The van der Waals surface area contributed by atoms with Crippen LogP contribution < -0.4 is 10.5 Å². The fraction of sp³-hybridized carbons (Fsp3) is 0.278. The van der Waals surface area contributed by atoms with E-state index in [1.807, 2.05) is 9.47 Å². The van der Waals surface area contributed by atoms with E-state index >= 15 is 0 Å². The molecule has 10 heteroatoms. The number of nitrogens with zero attached hydrogens (tertiary/aromatic N) is 4. The number of nitrogens with one attached hydrogen (secondary N) is 1. The lowest BCUT2D eigenvalue weighted by Crippen LogP contribution is -2.35. The Bertz CT molecular complexity index is 1080. The normalized spacial score (nSPS) is 13.8. The maximum Gasteiger partial charge on any atom is 0.285 e. The fourth-order valence-corrected chi connectivity index (χ4v) is 3.60. The average molecular weight is 410 g/mol. The highest BCUT2D eigenvalue weighted by Gasteiger charge is 2.23. The van der Waals surface area contributed by atoms with Gasteiger partial charge in [0.25, 0.3) is 12.0 Å². The third-order valence-corrected chi connectivity index (χ3v) is 5.14. The van der Waals surface area contributed by atoms with Crippen LogP contribution in [0.25, 0.3) is 0 Å². The molecule has 0 amide bonds. The Labute approximate surface area is 162 Å². The van der Waals surface area contributed by atoms with Crippen LogP contribution in [-0.2, 0) is 19.5 Å². The molecule has 0 spiro atoms. The van der Waals surface area contributed by atoms with Gasteiger partial charge in [-0.3, -0.25) is 4.79 Å². The lowest BCUT2D eigenvalue weighted by atomic mass is 10.0. The van der Waals surface area contributed by atoms with Gasteiger partial charge in [-0.05, 0) is 17.7 Å². The number of anilines is 1. The molecule has 0 saturated carbocycles. The predicted octanol–water partition coefficient (Wildman–Crippen LogP) is 3.31. The summed E-state index contributed by atoms with van der Waals surface area (Å²) in [6, 6.07) is 3.43. The van der Waals surface area contributed by atoms with Crippen LogP contribution in [0, 0.1) is 5.82 Å². The number of rotatable bonds is 4. The molecular formula is C18H15ClF3N5O. The second kappa shape index (κ2) is 7.31. The van der Waals surface area contributed by atoms with Gasteiger partial charge in [-0.2, -0.15) is 5.10 Å². The molecular weight excluding hydrogens is 395 g/mol. The van der Waals surface area contributed by atoms with Crippen molar-refractivity contribution >= 4 is 17.3 Å². The van der Waals surface area contributed by atoms with E-state index in [1.165, 1.54) is 18.3 Å². The van der Waals surface area contributed by atoms with Gasteiger partial charge in [0.2, 0.25) is 0 Å². The zero-order chi connectivity index (χ0) is 19.8. The number of fused-ring (bicyclic) bond motifs is 1. The highest BCUT2D eigenvalue weighted by molar-refractivity contribution is 6.32. The van der Waals surface area contributed by atoms with E-state index in [0.29, 0.717) is 30.9 Å². The molecule has 4 rings (SSSR count). The smallest absolute Gasteiger partial charge is 0.285 e. The third kappa shape index (κ3) is 3.37. The van der Waals surface area contributed by atoms with Gasteiger partial charge < -0.3 is 9.47 Å². The van der Waals surface area contributed by atoms with Crippen molar-refractivity contribution in [1.82, 2.24) is 19.7 Å². The number of alkyl halides is 2. The van der Waals surface area contributed by atoms with Crippen LogP contribution >= 0.6 is 11.6 Å². The summed E-state index contributed by atoms with van der Waals surface area (Å²) in [6.07, 6.45) is 0.585. The Hall–Kier alpha value is -2.81. The summed E-state index contributed by atoms with van der Waals surface area (Å²) < 4.78 is 41.8. The average Bonchev–Trinajstić information content (AvgIpc) is 3.07. The quantitative estimate of drug-likeness (QED) is 0.718. The first-order valence-corrected chi connectivity index (χ1v) is 8.89. The maximum atomic E-state index is 13.3. The summed E-state index contributed by atoms with van der Waals surface area (Å²) in [4.78, 5) is 17.9. The molecule has 0 fully saturated rings. The van der Waals surface area contributed by atoms with Crippen molar-refractivity contribution in [3.63, 3.8) is 0 Å². The molecule has 1 aliphatic heterocycles. The van der Waals surface area contributed by atoms with Crippen LogP contribution in [0.15, 0.2) is 35.4 Å². The lowest BCUT2D eigenvalue weighted by molar-refractivity contribution is 0.150. The number of hydrogen-bond acceptors (Lipinski definition) is 4. The first-order valence-electron chi connectivity index (χ1n) is 8.52. The Kier molecular flexibility index (Phi) is 4.84. The first kappa shape index (κ1) is 18.5. The van der Waals surface area contributed by atoms with Gasteiger partial charge >= 0.3 is 0 Å². The molecule has 3 heterocycles. The molecule has 0 aliphatic carbocycles. The number of benzene rings is 1. The van der Waals surface area contributed by atoms with Crippen molar-refractivity contribution in [3.8, 4) is 0 Å². The summed E-state index contributed by atoms with van der Waals surface area (Å²) in [5.41, 5.74) is 0.861. The van der Waals surface area contributed by atoms with Crippen molar-refractivity contribution in [2.24, 2.45) is 0 Å². The van der Waals surface area contributed by atoms with Gasteiger partial charge in [-0.15, -0.1) is 0 Å². The highest BCUT2D eigenvalue weighted by Crippen LogP contribution is 2.28. The van der Waals surface area contributed by atoms with E-state index in [-0.39, 0.29) is 17.0 Å². The maximum absolute atomic E-state index is 13.3. The summed E-state index contributed by atoms with van der Waals surface area (Å²) in [6.45, 7) is 1.49. The Morgan fingerprint density at radius 3 is 2.86 bits per heavy atom. The number of imidazole rings is 1. The van der Waals surface area contributed by atoms with Gasteiger partial charge in [0.05, 0.1) is 18.4 Å². The predicted molar refractivity (Wildman–Crippen MR) is 97.3 cm³/mol. The molecule has 0 radical (unpaired) electrons. The number of halogens is 4. The second-order valence-corrected chi connectivity index (χ2v) is 6.84. The number of hydrogen-bond donors (Lipinski definition) is 1. The Morgan fingerprint density at radius 2 is 2.07 bits per heavy atom. The molecule has 1 aromatic carbocycles. The van der Waals surface area contributed by atoms with E-state index in [1.54, 1.807) is 6.20 Å². The van der Waals surface area contributed by atoms with Gasteiger partial charge in [0, 0.05) is 37.0 Å². The molecule has 0 saturated heterocycles. The third-order valence-electron chi connectivity index (χ3n) is 4.78. The Morgan fingerprint density at radius 1 is 1.25 bits per heavy atom. The van der Waals surface area contributed by atoms with Crippen LogP contribution in [0.2, 0.25) is 5.02 Å². The summed E-state index contributed by atoms with van der Waals surface area (Å²) in [5, 5.41) is 6.11. The standard InChI is InChI=1S/C18H15ClF3N5O/c19-16-14(8-24-25-18(16)28)26-3-4-27-12(7-23-15(27)9-26)5-10-1-2-11(20)6-13(10)17(21)22/h1-2,6-8,17H,3-5,9H2,(H,25,28). The largest absolute Gasteiger partial charge is 0.360 e. The van der Waals surface area contributed by atoms with Gasteiger partial charge in [0.1, 0.15) is 16.7 Å². The second-order valence-electron chi connectivity index (χ2n) is 6.46. The molecule has 28 heavy (non-hydrogen) atoms. The minimum atomic E-state index is -2.75. The number of H-pyrrole nitrogens is 1. The molecule has 0 atom stereocenters. The zero-order valence-electron chi connectivity index (χ0n) is 14.5. The molecule has 1 aliphatic rings. The van der Waals surface area contributed by atoms with Gasteiger partial charge in [-0.1, -0.05) is 17.7 Å². The summed E-state index contributed by atoms with van der Waals surface area (Å²) in [5.74, 6) is 0.0339. The zero-order valence-corrected chi connectivity index (χ0v) is 15.3. The number of aromatic amines is 1. The van der Waals surface area contributed by atoms with Crippen molar-refractivity contribution in [2.45, 2.75) is 25.9 Å². The van der Waals surface area contributed by atoms with Crippen molar-refractivity contribution in [1.29, 1.82) is 0 Å². The Balaban J connectivity index is 1.60. The highest BCUT2D eigenvalue weighted by atomic mass is 35.5. The SMILES string of the molecule is O=c1[nH]ncc(N2CCn3c(Cc4ccc(F)cc4C(F)F)cnc3C2)c1Cl. The molecule has 0 unspecified atom stereocenters. The molecule has 0 bridgehead atoms. The molecule has 146 valence electrons. The van der Waals surface area contributed by atoms with Crippen molar-refractivity contribution < 1.29 is 13.2 Å². The first-order chi connectivity index (χ1) is 13.4.